The molecule has 0 amide bonds. The third-order valence-corrected chi connectivity index (χ3v) is 1.89. The first-order chi connectivity index (χ1) is 5.15. The second-order valence-corrected chi connectivity index (χ2v) is 2.90. The Kier molecular flexibility index (Phi) is 2.84. The first kappa shape index (κ1) is 8.93. The van der Waals surface area contributed by atoms with Gasteiger partial charge >= 0.3 is 0 Å². The zero-order valence-corrected chi connectivity index (χ0v) is 6.73. The van der Waals surface area contributed by atoms with E-state index in [1.165, 1.54) is 7.11 Å². The number of epoxide rings is 1. The van der Waals surface area contributed by atoms with E-state index in [2.05, 4.69) is 0 Å². The lowest BCUT2D eigenvalue weighted by atomic mass is 10.1. The molecule has 66 valence electrons. The first-order valence-corrected chi connectivity index (χ1v) is 3.69. The Morgan fingerprint density at radius 1 is 1.64 bits per heavy atom. The third kappa shape index (κ3) is 2.41. The Balaban J connectivity index is 2.15. The van der Waals surface area contributed by atoms with E-state index in [1.807, 2.05) is 6.92 Å². The molecule has 0 aromatic heterocycles. The van der Waals surface area contributed by atoms with E-state index in [-0.39, 0.29) is 12.0 Å². The molecule has 0 aromatic carbocycles. The van der Waals surface area contributed by atoms with E-state index in [9.17, 15) is 0 Å². The summed E-state index contributed by atoms with van der Waals surface area (Å²) in [6.07, 6.45) is -0.849. The van der Waals surface area contributed by atoms with Gasteiger partial charge in [-0.1, -0.05) is 6.92 Å². The smallest absolute Gasteiger partial charge is 0.181 e. The largest absolute Gasteiger partial charge is 0.368 e. The standard InChI is InChI=1S/C7H14O4/c1-4(6(8)10-2)3-5-7(9)11-5/h4-9H,3H2,1-2H3. The molecule has 4 atom stereocenters. The third-order valence-electron chi connectivity index (χ3n) is 1.89. The molecular weight excluding hydrogens is 148 g/mol. The number of ether oxygens (including phenoxy) is 2. The summed E-state index contributed by atoms with van der Waals surface area (Å²) in [6.45, 7) is 1.85. The van der Waals surface area contributed by atoms with Crippen molar-refractivity contribution in [1.29, 1.82) is 0 Å². The highest BCUT2D eigenvalue weighted by molar-refractivity contribution is 4.77. The van der Waals surface area contributed by atoms with Gasteiger partial charge in [0.2, 0.25) is 0 Å². The van der Waals surface area contributed by atoms with E-state index in [4.69, 9.17) is 19.7 Å². The van der Waals surface area contributed by atoms with Crippen LogP contribution in [0.1, 0.15) is 13.3 Å². The fourth-order valence-corrected chi connectivity index (χ4v) is 1.02. The summed E-state index contributed by atoms with van der Waals surface area (Å²) in [5, 5.41) is 17.9. The van der Waals surface area contributed by atoms with Crippen LogP contribution < -0.4 is 0 Å². The van der Waals surface area contributed by atoms with Crippen molar-refractivity contribution in [3.05, 3.63) is 0 Å². The number of rotatable bonds is 4. The molecule has 1 aliphatic rings. The minimum Gasteiger partial charge on any atom is -0.368 e. The number of hydrogen-bond acceptors (Lipinski definition) is 4. The molecule has 0 bridgehead atoms. The van der Waals surface area contributed by atoms with Crippen LogP contribution in [0.4, 0.5) is 0 Å². The minimum atomic E-state index is -0.758. The van der Waals surface area contributed by atoms with E-state index in [0.29, 0.717) is 6.42 Å². The van der Waals surface area contributed by atoms with Crippen molar-refractivity contribution in [1.82, 2.24) is 0 Å². The van der Waals surface area contributed by atoms with Gasteiger partial charge in [-0.3, -0.25) is 0 Å². The zero-order valence-electron chi connectivity index (χ0n) is 6.73. The maximum Gasteiger partial charge on any atom is 0.181 e. The van der Waals surface area contributed by atoms with Gasteiger partial charge in [0.05, 0.1) is 0 Å². The molecule has 1 fully saturated rings. The maximum atomic E-state index is 9.13. The van der Waals surface area contributed by atoms with Gasteiger partial charge in [-0.2, -0.15) is 0 Å². The van der Waals surface area contributed by atoms with Crippen LogP contribution in [0.5, 0.6) is 0 Å². The lowest BCUT2D eigenvalue weighted by molar-refractivity contribution is -0.110. The quantitative estimate of drug-likeness (QED) is 0.440. The van der Waals surface area contributed by atoms with Crippen LogP contribution in [-0.4, -0.2) is 36.0 Å². The molecule has 4 heteroatoms. The summed E-state index contributed by atoms with van der Waals surface area (Å²) in [6, 6.07) is 0. The lowest BCUT2D eigenvalue weighted by Crippen LogP contribution is -2.21. The first-order valence-electron chi connectivity index (χ1n) is 3.69. The van der Waals surface area contributed by atoms with Crippen LogP contribution >= 0.6 is 0 Å². The van der Waals surface area contributed by atoms with Crippen molar-refractivity contribution in [3.8, 4) is 0 Å². The van der Waals surface area contributed by atoms with Crippen molar-refractivity contribution >= 4 is 0 Å². The predicted octanol–water partition coefficient (Wildman–Crippen LogP) is -0.305. The highest BCUT2D eigenvalue weighted by Gasteiger charge is 2.38. The summed E-state index contributed by atoms with van der Waals surface area (Å²) in [4.78, 5) is 0. The van der Waals surface area contributed by atoms with Crippen LogP contribution in [0.15, 0.2) is 0 Å². The van der Waals surface area contributed by atoms with Gasteiger partial charge in [0.25, 0.3) is 0 Å². The molecule has 0 aromatic rings. The van der Waals surface area contributed by atoms with Crippen LogP contribution in [0, 0.1) is 5.92 Å². The molecule has 0 saturated carbocycles. The van der Waals surface area contributed by atoms with Gasteiger partial charge in [-0.05, 0) is 6.42 Å². The average molecular weight is 162 g/mol. The molecular formula is C7H14O4. The van der Waals surface area contributed by atoms with Gasteiger partial charge in [-0.25, -0.2) is 0 Å². The monoisotopic (exact) mass is 162 g/mol. The van der Waals surface area contributed by atoms with Crippen molar-refractivity contribution in [2.75, 3.05) is 7.11 Å². The second kappa shape index (κ2) is 3.49. The predicted molar refractivity (Wildman–Crippen MR) is 37.7 cm³/mol. The summed E-state index contributed by atoms with van der Waals surface area (Å²) in [7, 11) is 1.45. The number of hydrogen-bond donors (Lipinski definition) is 2. The van der Waals surface area contributed by atoms with E-state index < -0.39 is 12.6 Å². The summed E-state index contributed by atoms with van der Waals surface area (Å²) in [5.41, 5.74) is 0. The zero-order chi connectivity index (χ0) is 8.43. The molecule has 2 N–H and O–H groups in total. The number of methoxy groups -OCH3 is 1. The topological polar surface area (TPSA) is 62.2 Å². The Hall–Kier alpha value is -0.160. The van der Waals surface area contributed by atoms with E-state index >= 15 is 0 Å². The summed E-state index contributed by atoms with van der Waals surface area (Å²) < 4.78 is 9.47. The molecule has 1 aliphatic heterocycles. The average Bonchev–Trinajstić information content (AvgIpc) is 2.65. The Bertz CT molecular complexity index is 128. The van der Waals surface area contributed by atoms with Crippen LogP contribution in [0.2, 0.25) is 0 Å². The highest BCUT2D eigenvalue weighted by atomic mass is 16.7. The fraction of sp³-hybridized carbons (Fsp3) is 1.00. The summed E-state index contributed by atoms with van der Waals surface area (Å²) >= 11 is 0. The normalized spacial score (nSPS) is 34.9. The molecule has 0 spiro atoms. The van der Waals surface area contributed by atoms with Gasteiger partial charge in [0.15, 0.2) is 12.6 Å². The molecule has 11 heavy (non-hydrogen) atoms. The van der Waals surface area contributed by atoms with Crippen molar-refractivity contribution in [3.63, 3.8) is 0 Å². The number of aliphatic hydroxyl groups excluding tert-OH is 2. The molecule has 1 rings (SSSR count). The van der Waals surface area contributed by atoms with E-state index in [0.717, 1.165) is 0 Å². The lowest BCUT2D eigenvalue weighted by Gasteiger charge is -2.15. The van der Waals surface area contributed by atoms with Crippen LogP contribution in [0.25, 0.3) is 0 Å². The molecule has 4 nitrogen and oxygen atoms in total. The maximum absolute atomic E-state index is 9.13. The molecule has 0 radical (unpaired) electrons. The van der Waals surface area contributed by atoms with Gasteiger partial charge in [0, 0.05) is 13.0 Å². The van der Waals surface area contributed by atoms with Crippen molar-refractivity contribution in [2.24, 2.45) is 5.92 Å². The van der Waals surface area contributed by atoms with Crippen molar-refractivity contribution in [2.45, 2.75) is 32.0 Å². The molecule has 1 saturated heterocycles. The molecule has 1 heterocycles. The summed E-state index contributed by atoms with van der Waals surface area (Å²) in [5.74, 6) is 0.00199. The molecule has 0 aliphatic carbocycles. The van der Waals surface area contributed by atoms with Crippen molar-refractivity contribution < 1.29 is 19.7 Å². The van der Waals surface area contributed by atoms with E-state index in [1.54, 1.807) is 0 Å². The van der Waals surface area contributed by atoms with Gasteiger partial charge in [0.1, 0.15) is 6.10 Å². The SMILES string of the molecule is COC(O)C(C)CC1OC1O. The Labute approximate surface area is 65.7 Å². The Morgan fingerprint density at radius 2 is 2.18 bits per heavy atom. The fourth-order valence-electron chi connectivity index (χ4n) is 1.02. The molecule has 4 unspecified atom stereocenters. The number of aliphatic hydroxyl groups is 2. The van der Waals surface area contributed by atoms with Crippen LogP contribution in [-0.2, 0) is 9.47 Å². The second-order valence-electron chi connectivity index (χ2n) is 2.90. The minimum absolute atomic E-state index is 0.00199. The van der Waals surface area contributed by atoms with Gasteiger partial charge in [-0.15, -0.1) is 0 Å². The highest BCUT2D eigenvalue weighted by Crippen LogP contribution is 2.27. The van der Waals surface area contributed by atoms with Gasteiger partial charge < -0.3 is 19.7 Å². The Morgan fingerprint density at radius 3 is 2.55 bits per heavy atom. The van der Waals surface area contributed by atoms with Crippen LogP contribution in [0.3, 0.4) is 0 Å².